The monoisotopic (exact) mass is 313 g/mol. The Labute approximate surface area is 131 Å². The Balaban J connectivity index is 2.44. The first-order valence-electron chi connectivity index (χ1n) is 6.79. The number of nitrogens with zero attached hydrogens (tertiary/aromatic N) is 2. The third-order valence-corrected chi connectivity index (χ3v) is 3.59. The predicted octanol–water partition coefficient (Wildman–Crippen LogP) is 1.69. The minimum Gasteiger partial charge on any atom is -0.497 e. The van der Waals surface area contributed by atoms with Crippen LogP contribution in [0.4, 0.5) is 5.69 Å². The number of anilines is 1. The Morgan fingerprint density at radius 1 is 1.17 bits per heavy atom. The summed E-state index contributed by atoms with van der Waals surface area (Å²) in [6.45, 7) is 0. The molecule has 7 heteroatoms. The zero-order valence-corrected chi connectivity index (χ0v) is 12.6. The lowest BCUT2D eigenvalue weighted by Gasteiger charge is -2.15. The van der Waals surface area contributed by atoms with Crippen LogP contribution < -0.4 is 20.8 Å². The van der Waals surface area contributed by atoms with Gasteiger partial charge in [0.15, 0.2) is 11.6 Å². The second-order valence-electron chi connectivity index (χ2n) is 4.82. The van der Waals surface area contributed by atoms with Gasteiger partial charge in [0.05, 0.1) is 14.2 Å². The lowest BCUT2D eigenvalue weighted by atomic mass is 10.1. The highest BCUT2D eigenvalue weighted by atomic mass is 16.5. The van der Waals surface area contributed by atoms with Crippen LogP contribution in [0.3, 0.4) is 0 Å². The van der Waals surface area contributed by atoms with Crippen molar-refractivity contribution in [1.82, 2.24) is 9.55 Å². The van der Waals surface area contributed by atoms with Gasteiger partial charge in [0.25, 0.3) is 5.56 Å². The van der Waals surface area contributed by atoms with Crippen molar-refractivity contribution in [2.75, 3.05) is 20.0 Å². The van der Waals surface area contributed by atoms with E-state index in [0.717, 1.165) is 4.57 Å². The van der Waals surface area contributed by atoms with Crippen molar-refractivity contribution in [3.63, 3.8) is 0 Å². The topological polar surface area (TPSA) is 99.6 Å². The number of benzene rings is 1. The minimum absolute atomic E-state index is 0.00755. The Bertz CT molecular complexity index is 950. The average Bonchev–Trinajstić information content (AvgIpc) is 2.60. The number of fused-ring (bicyclic) bond motifs is 1. The molecular weight excluding hydrogens is 298 g/mol. The smallest absolute Gasteiger partial charge is 0.283 e. The molecule has 1 aromatic carbocycles. The molecule has 3 rings (SSSR count). The van der Waals surface area contributed by atoms with E-state index in [2.05, 4.69) is 4.98 Å². The summed E-state index contributed by atoms with van der Waals surface area (Å²) in [5.41, 5.74) is 5.39. The maximum absolute atomic E-state index is 12.6. The van der Waals surface area contributed by atoms with Crippen LogP contribution in [0, 0.1) is 0 Å². The summed E-state index contributed by atoms with van der Waals surface area (Å²) in [7, 11) is 2.97. The van der Waals surface area contributed by atoms with Gasteiger partial charge in [0.2, 0.25) is 5.88 Å². The van der Waals surface area contributed by atoms with Gasteiger partial charge in [-0.25, -0.2) is 9.55 Å². The number of ether oxygens (including phenoxy) is 2. The molecule has 2 heterocycles. The van der Waals surface area contributed by atoms with E-state index in [-0.39, 0.29) is 17.4 Å². The van der Waals surface area contributed by atoms with Gasteiger partial charge in [0.1, 0.15) is 11.4 Å². The van der Waals surface area contributed by atoms with E-state index in [9.17, 15) is 9.90 Å². The SMILES string of the molecule is COc1ccc2c(N)c(=O)n(-c3ncccc3OC)c(O)c2c1. The van der Waals surface area contributed by atoms with Crippen molar-refractivity contribution in [1.29, 1.82) is 0 Å². The highest BCUT2D eigenvalue weighted by Crippen LogP contribution is 2.33. The van der Waals surface area contributed by atoms with Gasteiger partial charge in [-0.3, -0.25) is 4.79 Å². The van der Waals surface area contributed by atoms with E-state index in [1.807, 2.05) is 0 Å². The van der Waals surface area contributed by atoms with E-state index in [4.69, 9.17) is 15.2 Å². The molecule has 2 aromatic heterocycles. The number of aromatic hydroxyl groups is 1. The molecule has 0 unspecified atom stereocenters. The third kappa shape index (κ3) is 2.22. The first-order chi connectivity index (χ1) is 11.1. The summed E-state index contributed by atoms with van der Waals surface area (Å²) in [5, 5.41) is 11.4. The van der Waals surface area contributed by atoms with E-state index in [1.54, 1.807) is 30.3 Å². The standard InChI is InChI=1S/C16H15N3O4/c1-22-9-5-6-10-11(8-9)15(20)19(16(21)13(10)17)14-12(23-2)4-3-7-18-14/h3-8,20H,17H2,1-2H3. The fraction of sp³-hybridized carbons (Fsp3) is 0.125. The largest absolute Gasteiger partial charge is 0.497 e. The maximum Gasteiger partial charge on any atom is 0.283 e. The molecule has 0 aliphatic carbocycles. The number of pyridine rings is 2. The predicted molar refractivity (Wildman–Crippen MR) is 86.5 cm³/mol. The molecule has 0 amide bonds. The summed E-state index contributed by atoms with van der Waals surface area (Å²) >= 11 is 0. The number of nitrogen functional groups attached to an aromatic ring is 1. The highest BCUT2D eigenvalue weighted by Gasteiger charge is 2.19. The average molecular weight is 313 g/mol. The number of hydrogen-bond acceptors (Lipinski definition) is 6. The van der Waals surface area contributed by atoms with Crippen molar-refractivity contribution in [3.8, 4) is 23.2 Å². The van der Waals surface area contributed by atoms with Crippen LogP contribution in [0.2, 0.25) is 0 Å². The van der Waals surface area contributed by atoms with Gasteiger partial charge in [-0.2, -0.15) is 0 Å². The highest BCUT2D eigenvalue weighted by molar-refractivity contribution is 5.96. The lowest BCUT2D eigenvalue weighted by Crippen LogP contribution is -2.23. The number of nitrogens with two attached hydrogens (primary N) is 1. The van der Waals surface area contributed by atoms with Gasteiger partial charge in [-0.15, -0.1) is 0 Å². The molecule has 118 valence electrons. The minimum atomic E-state index is -0.572. The van der Waals surface area contributed by atoms with Crippen molar-refractivity contribution in [2.45, 2.75) is 0 Å². The second-order valence-corrected chi connectivity index (χ2v) is 4.82. The molecule has 0 aliphatic heterocycles. The first-order valence-corrected chi connectivity index (χ1v) is 6.79. The van der Waals surface area contributed by atoms with E-state index >= 15 is 0 Å². The molecule has 0 spiro atoms. The second kappa shape index (κ2) is 5.53. The molecule has 3 aromatic rings. The van der Waals surface area contributed by atoms with Crippen LogP contribution in [-0.4, -0.2) is 28.9 Å². The summed E-state index contributed by atoms with van der Waals surface area (Å²) in [4.78, 5) is 16.7. The molecule has 7 nitrogen and oxygen atoms in total. The summed E-state index contributed by atoms with van der Waals surface area (Å²) in [6, 6.07) is 8.21. The molecule has 0 bridgehead atoms. The fourth-order valence-electron chi connectivity index (χ4n) is 2.43. The summed E-state index contributed by atoms with van der Waals surface area (Å²) in [6.07, 6.45) is 1.50. The third-order valence-electron chi connectivity index (χ3n) is 3.59. The fourth-order valence-corrected chi connectivity index (χ4v) is 2.43. The van der Waals surface area contributed by atoms with Gasteiger partial charge < -0.3 is 20.3 Å². The van der Waals surface area contributed by atoms with Gasteiger partial charge in [-0.05, 0) is 30.3 Å². The lowest BCUT2D eigenvalue weighted by molar-refractivity contribution is 0.401. The van der Waals surface area contributed by atoms with E-state index in [0.29, 0.717) is 22.3 Å². The van der Waals surface area contributed by atoms with E-state index in [1.165, 1.54) is 20.4 Å². The van der Waals surface area contributed by atoms with Crippen molar-refractivity contribution in [2.24, 2.45) is 0 Å². The van der Waals surface area contributed by atoms with Gasteiger partial charge >= 0.3 is 0 Å². The van der Waals surface area contributed by atoms with Crippen LogP contribution in [0.1, 0.15) is 0 Å². The molecule has 0 fully saturated rings. The number of hydrogen-bond donors (Lipinski definition) is 2. The normalized spacial score (nSPS) is 10.7. The number of rotatable bonds is 3. The van der Waals surface area contributed by atoms with Gasteiger partial charge in [-0.1, -0.05) is 0 Å². The van der Waals surface area contributed by atoms with Crippen LogP contribution in [0.5, 0.6) is 17.4 Å². The molecule has 23 heavy (non-hydrogen) atoms. The first kappa shape index (κ1) is 14.7. The Morgan fingerprint density at radius 2 is 1.96 bits per heavy atom. The Kier molecular flexibility index (Phi) is 3.53. The molecule has 0 aliphatic rings. The van der Waals surface area contributed by atoms with Crippen molar-refractivity contribution >= 4 is 16.5 Å². The molecular formula is C16H15N3O4. The van der Waals surface area contributed by atoms with Crippen molar-refractivity contribution in [3.05, 3.63) is 46.9 Å². The molecule has 3 N–H and O–H groups in total. The number of aromatic nitrogens is 2. The zero-order valence-electron chi connectivity index (χ0n) is 12.6. The maximum atomic E-state index is 12.6. The molecule has 0 saturated carbocycles. The van der Waals surface area contributed by atoms with E-state index < -0.39 is 5.56 Å². The Hall–Kier alpha value is -3.22. The van der Waals surface area contributed by atoms with Crippen LogP contribution in [0.15, 0.2) is 41.3 Å². The van der Waals surface area contributed by atoms with Crippen LogP contribution in [-0.2, 0) is 0 Å². The quantitative estimate of drug-likeness (QED) is 0.763. The molecule has 0 radical (unpaired) electrons. The van der Waals surface area contributed by atoms with Gasteiger partial charge in [0, 0.05) is 17.0 Å². The van der Waals surface area contributed by atoms with Crippen molar-refractivity contribution < 1.29 is 14.6 Å². The number of methoxy groups -OCH3 is 2. The summed E-state index contributed by atoms with van der Waals surface area (Å²) in [5.74, 6) is 0.751. The Morgan fingerprint density at radius 3 is 2.65 bits per heavy atom. The summed E-state index contributed by atoms with van der Waals surface area (Å²) < 4.78 is 11.4. The van der Waals surface area contributed by atoms with Crippen LogP contribution in [0.25, 0.3) is 16.6 Å². The molecule has 0 saturated heterocycles. The zero-order chi connectivity index (χ0) is 16.6. The molecule has 0 atom stereocenters. The van der Waals surface area contributed by atoms with Crippen LogP contribution >= 0.6 is 0 Å².